The Kier molecular flexibility index (Phi) is 5.95. The van der Waals surface area contributed by atoms with Gasteiger partial charge in [-0.2, -0.15) is 8.75 Å². The van der Waals surface area contributed by atoms with Crippen molar-refractivity contribution in [2.75, 3.05) is 11.8 Å². The summed E-state index contributed by atoms with van der Waals surface area (Å²) >= 11 is 7.07. The lowest BCUT2D eigenvalue weighted by atomic mass is 9.94. The highest BCUT2D eigenvalue weighted by molar-refractivity contribution is 7.93. The lowest BCUT2D eigenvalue weighted by molar-refractivity contribution is 0.0697. The summed E-state index contributed by atoms with van der Waals surface area (Å²) in [5.74, 6) is -0.232. The van der Waals surface area contributed by atoms with Crippen LogP contribution in [0.5, 0.6) is 0 Å². The van der Waals surface area contributed by atoms with E-state index >= 15 is 0 Å². The molecule has 30 heavy (non-hydrogen) atoms. The van der Waals surface area contributed by atoms with Gasteiger partial charge in [0, 0.05) is 18.1 Å². The van der Waals surface area contributed by atoms with Crippen molar-refractivity contribution in [3.63, 3.8) is 0 Å². The number of halogens is 1. The van der Waals surface area contributed by atoms with Crippen LogP contribution in [-0.4, -0.2) is 41.1 Å². The quantitative estimate of drug-likeness (QED) is 0.597. The van der Waals surface area contributed by atoms with E-state index in [0.717, 1.165) is 37.4 Å². The topological polar surface area (TPSA) is 92.3 Å². The third kappa shape index (κ3) is 4.14. The van der Waals surface area contributed by atoms with Gasteiger partial charge in [-0.25, -0.2) is 8.42 Å². The third-order valence-corrected chi connectivity index (χ3v) is 7.61. The van der Waals surface area contributed by atoms with E-state index in [4.69, 9.17) is 11.6 Å². The fraction of sp³-hybridized carbons (Fsp3) is 0.350. The third-order valence-electron chi connectivity index (χ3n) is 5.44. The molecule has 0 radical (unpaired) electrons. The maximum Gasteiger partial charge on any atom is 0.264 e. The van der Waals surface area contributed by atoms with Gasteiger partial charge >= 0.3 is 0 Å². The van der Waals surface area contributed by atoms with Crippen molar-refractivity contribution in [3.8, 4) is 0 Å². The summed E-state index contributed by atoms with van der Waals surface area (Å²) in [7, 11) is -2.24. The van der Waals surface area contributed by atoms with E-state index in [1.54, 1.807) is 36.2 Å². The van der Waals surface area contributed by atoms with Crippen LogP contribution in [0.1, 0.15) is 42.5 Å². The molecule has 0 spiro atoms. The molecule has 0 bridgehead atoms. The molecule has 0 atom stereocenters. The second kappa shape index (κ2) is 8.49. The standard InChI is InChI=1S/C20H21ClN4O3S2/c1-25(14-6-3-2-4-7-14)20(26)15-11-10-13(21)12-17(15)24-30(27,28)18-9-5-8-16-19(18)23-29-22-16/h5,8-12,14,24H,2-4,6-7H2,1H3. The van der Waals surface area contributed by atoms with Gasteiger partial charge in [0.2, 0.25) is 0 Å². The van der Waals surface area contributed by atoms with Crippen molar-refractivity contribution < 1.29 is 13.2 Å². The second-order valence-electron chi connectivity index (χ2n) is 7.39. The van der Waals surface area contributed by atoms with E-state index in [2.05, 4.69) is 13.5 Å². The number of benzene rings is 2. The number of rotatable bonds is 5. The first-order chi connectivity index (χ1) is 14.4. The lowest BCUT2D eigenvalue weighted by Crippen LogP contribution is -2.38. The highest BCUT2D eigenvalue weighted by Crippen LogP contribution is 2.29. The first-order valence-electron chi connectivity index (χ1n) is 9.67. The smallest absolute Gasteiger partial charge is 0.264 e. The molecule has 1 aliphatic rings. The molecule has 1 amide bonds. The molecular weight excluding hydrogens is 444 g/mol. The Labute approximate surface area is 184 Å². The average Bonchev–Trinajstić information content (AvgIpc) is 3.22. The molecule has 0 aliphatic heterocycles. The second-order valence-corrected chi connectivity index (χ2v) is 10.0. The fourth-order valence-electron chi connectivity index (χ4n) is 3.81. The van der Waals surface area contributed by atoms with Crippen LogP contribution in [-0.2, 0) is 10.0 Å². The predicted molar refractivity (Wildman–Crippen MR) is 119 cm³/mol. The van der Waals surface area contributed by atoms with Crippen LogP contribution in [0.25, 0.3) is 11.0 Å². The Morgan fingerprint density at radius 2 is 1.93 bits per heavy atom. The van der Waals surface area contributed by atoms with Gasteiger partial charge in [-0.3, -0.25) is 9.52 Å². The zero-order valence-corrected chi connectivity index (χ0v) is 18.7. The molecule has 7 nitrogen and oxygen atoms in total. The van der Waals surface area contributed by atoms with Crippen molar-refractivity contribution in [3.05, 3.63) is 47.0 Å². The number of hydrogen-bond donors (Lipinski definition) is 1. The monoisotopic (exact) mass is 464 g/mol. The van der Waals surface area contributed by atoms with Crippen LogP contribution >= 0.6 is 23.3 Å². The van der Waals surface area contributed by atoms with Gasteiger partial charge in [0.1, 0.15) is 15.9 Å². The minimum absolute atomic E-state index is 0.00718. The molecule has 0 unspecified atom stereocenters. The Morgan fingerprint density at radius 1 is 1.17 bits per heavy atom. The van der Waals surface area contributed by atoms with Gasteiger partial charge < -0.3 is 4.90 Å². The summed E-state index contributed by atoms with van der Waals surface area (Å²) in [4.78, 5) is 14.9. The Hall–Kier alpha value is -2.23. The average molecular weight is 465 g/mol. The van der Waals surface area contributed by atoms with Gasteiger partial charge in [0.25, 0.3) is 15.9 Å². The molecule has 158 valence electrons. The summed E-state index contributed by atoms with van der Waals surface area (Å²) in [5.41, 5.74) is 1.21. The summed E-state index contributed by atoms with van der Waals surface area (Å²) in [6, 6.07) is 9.54. The van der Waals surface area contributed by atoms with Crippen LogP contribution in [0.15, 0.2) is 41.3 Å². The zero-order valence-electron chi connectivity index (χ0n) is 16.3. The molecule has 1 fully saturated rings. The zero-order chi connectivity index (χ0) is 21.3. The van der Waals surface area contributed by atoms with Crippen molar-refractivity contribution in [2.45, 2.75) is 43.0 Å². The Morgan fingerprint density at radius 3 is 2.70 bits per heavy atom. The molecule has 0 saturated heterocycles. The number of sulfonamides is 1. The summed E-state index contributed by atoms with van der Waals surface area (Å²) in [5, 5.41) is 0.332. The van der Waals surface area contributed by atoms with Crippen LogP contribution in [0.3, 0.4) is 0 Å². The van der Waals surface area contributed by atoms with Gasteiger partial charge in [-0.15, -0.1) is 0 Å². The molecule has 3 aromatic rings. The number of fused-ring (bicyclic) bond motifs is 1. The van der Waals surface area contributed by atoms with E-state index < -0.39 is 10.0 Å². The van der Waals surface area contributed by atoms with Crippen LogP contribution < -0.4 is 4.72 Å². The molecule has 1 heterocycles. The summed E-state index contributed by atoms with van der Waals surface area (Å²) in [6.45, 7) is 0. The molecule has 1 aromatic heterocycles. The van der Waals surface area contributed by atoms with Crippen molar-refractivity contribution in [1.82, 2.24) is 13.6 Å². The first-order valence-corrected chi connectivity index (χ1v) is 12.3. The summed E-state index contributed by atoms with van der Waals surface area (Å²) < 4.78 is 37.0. The normalized spacial score (nSPS) is 15.3. The van der Waals surface area contributed by atoms with Crippen LogP contribution in [0.4, 0.5) is 5.69 Å². The van der Waals surface area contributed by atoms with Crippen LogP contribution in [0.2, 0.25) is 5.02 Å². The number of nitrogens with zero attached hydrogens (tertiary/aromatic N) is 3. The highest BCUT2D eigenvalue weighted by Gasteiger charge is 2.27. The number of amides is 1. The Balaban J connectivity index is 1.68. The number of hydrogen-bond acceptors (Lipinski definition) is 6. The lowest BCUT2D eigenvalue weighted by Gasteiger charge is -2.31. The molecule has 1 saturated carbocycles. The van der Waals surface area contributed by atoms with Crippen LogP contribution in [0, 0.1) is 0 Å². The van der Waals surface area contributed by atoms with Gasteiger partial charge in [0.15, 0.2) is 0 Å². The molecule has 10 heteroatoms. The maximum absolute atomic E-state index is 13.2. The van der Waals surface area contributed by atoms with E-state index in [0.29, 0.717) is 16.1 Å². The van der Waals surface area contributed by atoms with Crippen molar-refractivity contribution in [1.29, 1.82) is 0 Å². The van der Waals surface area contributed by atoms with E-state index in [9.17, 15) is 13.2 Å². The van der Waals surface area contributed by atoms with Gasteiger partial charge in [-0.1, -0.05) is 36.9 Å². The number of carbonyl (C=O) groups excluding carboxylic acids is 1. The van der Waals surface area contributed by atoms with Crippen molar-refractivity contribution >= 4 is 56.0 Å². The number of carbonyl (C=O) groups is 1. The number of anilines is 1. The highest BCUT2D eigenvalue weighted by atomic mass is 35.5. The molecule has 4 rings (SSSR count). The molecule has 1 N–H and O–H groups in total. The largest absolute Gasteiger partial charge is 0.339 e. The number of nitrogens with one attached hydrogen (secondary N) is 1. The Bertz CT molecular complexity index is 1190. The maximum atomic E-state index is 13.2. The molecular formula is C20H21ClN4O3S2. The minimum atomic E-state index is -4.01. The fourth-order valence-corrected chi connectivity index (χ4v) is 5.82. The van der Waals surface area contributed by atoms with Gasteiger partial charge in [0.05, 0.1) is 23.0 Å². The van der Waals surface area contributed by atoms with E-state index in [-0.39, 0.29) is 28.1 Å². The van der Waals surface area contributed by atoms with Gasteiger partial charge in [-0.05, 0) is 43.2 Å². The first kappa shape index (κ1) is 21.0. The molecule has 1 aliphatic carbocycles. The summed E-state index contributed by atoms with van der Waals surface area (Å²) in [6.07, 6.45) is 5.27. The minimum Gasteiger partial charge on any atom is -0.339 e. The van der Waals surface area contributed by atoms with E-state index in [1.807, 2.05) is 0 Å². The predicted octanol–water partition coefficient (Wildman–Crippen LogP) is 4.55. The SMILES string of the molecule is CN(C(=O)c1ccc(Cl)cc1NS(=O)(=O)c1cccc2nsnc12)C1CCCCC1. The van der Waals surface area contributed by atoms with Crippen molar-refractivity contribution in [2.24, 2.45) is 0 Å². The molecule has 2 aromatic carbocycles. The number of aromatic nitrogens is 2. The van der Waals surface area contributed by atoms with E-state index in [1.165, 1.54) is 18.6 Å².